The van der Waals surface area contributed by atoms with Crippen LogP contribution in [0.2, 0.25) is 0 Å². The van der Waals surface area contributed by atoms with Crippen molar-refractivity contribution in [2.24, 2.45) is 5.92 Å². The van der Waals surface area contributed by atoms with Gasteiger partial charge in [-0.3, -0.25) is 0 Å². The Morgan fingerprint density at radius 1 is 1.00 bits per heavy atom. The Morgan fingerprint density at radius 3 is 2.67 bits per heavy atom. The minimum Gasteiger partial charge on any atom is -0.325 e. The van der Waals surface area contributed by atoms with Crippen LogP contribution >= 0.6 is 0 Å². The van der Waals surface area contributed by atoms with E-state index in [4.69, 9.17) is 4.98 Å². The molecule has 2 aliphatic rings. The van der Waals surface area contributed by atoms with Gasteiger partial charge in [0.2, 0.25) is 0 Å². The van der Waals surface area contributed by atoms with E-state index >= 15 is 0 Å². The highest BCUT2D eigenvalue weighted by molar-refractivity contribution is 5.82. The quantitative estimate of drug-likeness (QED) is 0.681. The lowest BCUT2D eigenvalue weighted by Gasteiger charge is -2.38. The molecule has 1 saturated carbocycles. The molecule has 3 heteroatoms. The van der Waals surface area contributed by atoms with Crippen molar-refractivity contribution in [1.29, 1.82) is 0 Å². The third-order valence-electron chi connectivity index (χ3n) is 5.21. The Bertz CT molecular complexity index is 926. The summed E-state index contributed by atoms with van der Waals surface area (Å²) in [5, 5.41) is 1.21. The molecule has 2 aromatic heterocycles. The van der Waals surface area contributed by atoms with Crippen LogP contribution in [-0.4, -0.2) is 9.97 Å². The number of aromatic nitrogens is 2. The highest BCUT2D eigenvalue weighted by atomic mass is 15.2. The molecular formula is C21H19N3. The average Bonchev–Trinajstić information content (AvgIpc) is 2.59. The molecule has 0 atom stereocenters. The Morgan fingerprint density at radius 2 is 1.88 bits per heavy atom. The predicted molar refractivity (Wildman–Crippen MR) is 97.5 cm³/mol. The minimum atomic E-state index is 0.647. The number of fused-ring (bicyclic) bond motifs is 2. The van der Waals surface area contributed by atoms with Crippen molar-refractivity contribution in [3.8, 4) is 0 Å². The summed E-state index contributed by atoms with van der Waals surface area (Å²) >= 11 is 0. The fourth-order valence-electron chi connectivity index (χ4n) is 3.67. The maximum Gasteiger partial charge on any atom is 0.132 e. The Labute approximate surface area is 141 Å². The zero-order valence-electron chi connectivity index (χ0n) is 13.5. The number of nitrogens with zero attached hydrogens (tertiary/aromatic N) is 3. The molecule has 3 aromatic rings. The molecule has 1 aromatic carbocycles. The molecule has 1 fully saturated rings. The maximum atomic E-state index is 4.91. The smallest absolute Gasteiger partial charge is 0.132 e. The lowest BCUT2D eigenvalue weighted by Crippen LogP contribution is -2.33. The van der Waals surface area contributed by atoms with Crippen molar-refractivity contribution >= 4 is 22.8 Å². The fourth-order valence-corrected chi connectivity index (χ4v) is 3.67. The van der Waals surface area contributed by atoms with E-state index in [9.17, 15) is 0 Å². The topological polar surface area (TPSA) is 29.0 Å². The number of hydrogen-bond donors (Lipinski definition) is 0. The summed E-state index contributed by atoms with van der Waals surface area (Å²) in [6.07, 6.45) is 8.05. The average molecular weight is 313 g/mol. The van der Waals surface area contributed by atoms with Gasteiger partial charge in [-0.2, -0.15) is 0 Å². The van der Waals surface area contributed by atoms with Gasteiger partial charge in [-0.1, -0.05) is 30.7 Å². The zero-order valence-corrected chi connectivity index (χ0v) is 13.5. The Hall–Kier alpha value is -2.68. The van der Waals surface area contributed by atoms with Gasteiger partial charge >= 0.3 is 0 Å². The van der Waals surface area contributed by atoms with Crippen LogP contribution in [0.25, 0.3) is 17.0 Å². The summed E-state index contributed by atoms with van der Waals surface area (Å²) in [6, 6.07) is 16.8. The first-order valence-electron chi connectivity index (χ1n) is 8.67. The molecule has 24 heavy (non-hydrogen) atoms. The van der Waals surface area contributed by atoms with Crippen molar-refractivity contribution in [3.63, 3.8) is 0 Å². The number of rotatable bonds is 2. The van der Waals surface area contributed by atoms with Crippen LogP contribution in [0.3, 0.4) is 0 Å². The molecule has 0 radical (unpaired) electrons. The summed E-state index contributed by atoms with van der Waals surface area (Å²) in [4.78, 5) is 11.9. The third kappa shape index (κ3) is 2.20. The van der Waals surface area contributed by atoms with Crippen molar-refractivity contribution in [3.05, 3.63) is 71.7 Å². The molecule has 3 nitrogen and oxygen atoms in total. The van der Waals surface area contributed by atoms with Crippen molar-refractivity contribution in [2.75, 3.05) is 4.90 Å². The van der Waals surface area contributed by atoms with Crippen LogP contribution in [-0.2, 0) is 6.54 Å². The van der Waals surface area contributed by atoms with E-state index in [0.717, 1.165) is 23.6 Å². The fraction of sp³-hybridized carbons (Fsp3) is 0.238. The van der Waals surface area contributed by atoms with Crippen LogP contribution in [0.15, 0.2) is 60.4 Å². The van der Waals surface area contributed by atoms with Crippen molar-refractivity contribution < 1.29 is 0 Å². The van der Waals surface area contributed by atoms with E-state index in [1.54, 1.807) is 0 Å². The summed E-state index contributed by atoms with van der Waals surface area (Å²) in [6.45, 7) is 0.854. The van der Waals surface area contributed by atoms with Crippen LogP contribution in [0.5, 0.6) is 0 Å². The van der Waals surface area contributed by atoms with Gasteiger partial charge < -0.3 is 4.90 Å². The number of para-hydroxylation sites is 1. The number of hydrogen-bond acceptors (Lipinski definition) is 3. The SMILES string of the molecule is C1=C(C2CCC2)N(c2ccccn2)Cc2cc3ccccc3nc21. The van der Waals surface area contributed by atoms with Crippen LogP contribution < -0.4 is 4.90 Å². The number of allylic oxidation sites excluding steroid dienone is 1. The minimum absolute atomic E-state index is 0.647. The summed E-state index contributed by atoms with van der Waals surface area (Å²) in [5.41, 5.74) is 4.87. The molecule has 0 unspecified atom stereocenters. The van der Waals surface area contributed by atoms with E-state index in [2.05, 4.69) is 58.4 Å². The first-order valence-corrected chi connectivity index (χ1v) is 8.67. The molecule has 0 amide bonds. The first-order chi connectivity index (χ1) is 11.9. The van der Waals surface area contributed by atoms with Crippen LogP contribution in [0, 0.1) is 5.92 Å². The van der Waals surface area contributed by atoms with Gasteiger partial charge in [0.05, 0.1) is 17.8 Å². The van der Waals surface area contributed by atoms with Crippen molar-refractivity contribution in [1.82, 2.24) is 9.97 Å². The first kappa shape index (κ1) is 13.7. The molecule has 3 heterocycles. The highest BCUT2D eigenvalue weighted by Crippen LogP contribution is 2.40. The van der Waals surface area contributed by atoms with E-state index in [0.29, 0.717) is 5.92 Å². The monoisotopic (exact) mass is 313 g/mol. The largest absolute Gasteiger partial charge is 0.325 e. The lowest BCUT2D eigenvalue weighted by molar-refractivity contribution is 0.360. The second kappa shape index (κ2) is 5.45. The number of benzene rings is 1. The van der Waals surface area contributed by atoms with Gasteiger partial charge in [-0.25, -0.2) is 9.97 Å². The lowest BCUT2D eigenvalue weighted by atomic mass is 9.80. The normalized spacial score (nSPS) is 17.3. The summed E-state index contributed by atoms with van der Waals surface area (Å²) in [5.74, 6) is 1.68. The molecule has 5 rings (SSSR count). The zero-order chi connectivity index (χ0) is 15.9. The molecule has 0 spiro atoms. The van der Waals surface area contributed by atoms with Gasteiger partial charge in [-0.05, 0) is 54.7 Å². The van der Waals surface area contributed by atoms with Crippen molar-refractivity contribution in [2.45, 2.75) is 25.8 Å². The van der Waals surface area contributed by atoms with Crippen LogP contribution in [0.4, 0.5) is 5.82 Å². The van der Waals surface area contributed by atoms with E-state index in [1.165, 1.54) is 35.9 Å². The molecule has 1 aliphatic heterocycles. The molecule has 1 aliphatic carbocycles. The van der Waals surface area contributed by atoms with Gasteiger partial charge in [0, 0.05) is 17.3 Å². The predicted octanol–water partition coefficient (Wildman–Crippen LogP) is 4.79. The molecular weight excluding hydrogens is 294 g/mol. The summed E-state index contributed by atoms with van der Waals surface area (Å²) < 4.78 is 0. The van der Waals surface area contributed by atoms with Gasteiger partial charge in [0.1, 0.15) is 5.82 Å². The van der Waals surface area contributed by atoms with E-state index in [-0.39, 0.29) is 0 Å². The van der Waals surface area contributed by atoms with Gasteiger partial charge in [-0.15, -0.1) is 0 Å². The molecule has 0 N–H and O–H groups in total. The number of anilines is 1. The van der Waals surface area contributed by atoms with Gasteiger partial charge in [0.25, 0.3) is 0 Å². The van der Waals surface area contributed by atoms with Gasteiger partial charge in [0.15, 0.2) is 0 Å². The molecule has 118 valence electrons. The molecule has 0 saturated heterocycles. The molecule has 0 bridgehead atoms. The van der Waals surface area contributed by atoms with E-state index in [1.807, 2.05) is 12.3 Å². The number of pyridine rings is 2. The van der Waals surface area contributed by atoms with E-state index < -0.39 is 0 Å². The van der Waals surface area contributed by atoms with Crippen LogP contribution in [0.1, 0.15) is 30.5 Å². The Kier molecular flexibility index (Phi) is 3.12. The standard InChI is InChI=1S/C21H19N3/c1-2-9-18-16(6-1)12-17-14-24(21-10-3-4-11-22-21)20(13-19(17)23-18)15-7-5-8-15/h1-4,6,9-13,15H,5,7-8,14H2. The maximum absolute atomic E-state index is 4.91. The third-order valence-corrected chi connectivity index (χ3v) is 5.21. The second-order valence-corrected chi connectivity index (χ2v) is 6.70. The Balaban J connectivity index is 1.66. The highest BCUT2D eigenvalue weighted by Gasteiger charge is 2.30. The second-order valence-electron chi connectivity index (χ2n) is 6.70. The summed E-state index contributed by atoms with van der Waals surface area (Å²) in [7, 11) is 0.